The molecule has 35 heavy (non-hydrogen) atoms. The van der Waals surface area contributed by atoms with Crippen molar-refractivity contribution in [3.05, 3.63) is 48.5 Å². The first kappa shape index (κ1) is 31.4. The summed E-state index contributed by atoms with van der Waals surface area (Å²) in [7, 11) is -2.18. The third kappa shape index (κ3) is 17.4. The van der Waals surface area contributed by atoms with Gasteiger partial charge in [0.2, 0.25) is 6.33 Å². The maximum Gasteiger partial charge on any atom is 0.243 e. The number of unbranched alkanes of at least 4 members (excludes halogenated alkanes) is 15. The highest BCUT2D eigenvalue weighted by Crippen LogP contribution is 2.14. The summed E-state index contributed by atoms with van der Waals surface area (Å²) in [6.07, 6.45) is 29.5. The molecule has 0 saturated carbocycles. The Kier molecular flexibility index (Phi) is 17.5. The molecule has 0 aliphatic rings. The minimum absolute atomic E-state index is 0.178. The molecule has 1 aromatic carbocycles. The van der Waals surface area contributed by atoms with Gasteiger partial charge in [-0.15, -0.1) is 0 Å². The van der Waals surface area contributed by atoms with Crippen LogP contribution in [0.25, 0.3) is 0 Å². The molecule has 0 aliphatic heterocycles. The number of nitrogens with zero attached hydrogens (tertiary/aromatic N) is 2. The van der Waals surface area contributed by atoms with E-state index in [1.54, 1.807) is 12.1 Å². The Morgan fingerprint density at radius 3 is 1.54 bits per heavy atom. The molecule has 1 aromatic heterocycles. The Morgan fingerprint density at radius 1 is 0.743 bits per heavy atom. The largest absolute Gasteiger partial charge is 0.744 e. The molecule has 2 aromatic rings. The van der Waals surface area contributed by atoms with Gasteiger partial charge in [-0.2, -0.15) is 0 Å². The molecular weight excluding hydrogens is 456 g/mol. The highest BCUT2D eigenvalue weighted by atomic mass is 32.2. The van der Waals surface area contributed by atoms with E-state index >= 15 is 0 Å². The number of imidazole rings is 1. The Labute approximate surface area is 215 Å². The zero-order chi connectivity index (χ0) is 25.8. The average Bonchev–Trinajstić information content (AvgIpc) is 3.24. The third-order valence-corrected chi connectivity index (χ3v) is 7.25. The molecule has 0 amide bonds. The maximum absolute atomic E-state index is 10.4. The smallest absolute Gasteiger partial charge is 0.243 e. The van der Waals surface area contributed by atoms with Gasteiger partial charge in [0.1, 0.15) is 22.5 Å². The predicted molar refractivity (Wildman–Crippen MR) is 144 cm³/mol. The van der Waals surface area contributed by atoms with Crippen LogP contribution in [0.3, 0.4) is 0 Å². The molecule has 5 nitrogen and oxygen atoms in total. The van der Waals surface area contributed by atoms with E-state index in [4.69, 9.17) is 0 Å². The average molecular weight is 507 g/mol. The van der Waals surface area contributed by atoms with E-state index in [1.165, 1.54) is 121 Å². The molecule has 0 atom stereocenters. The van der Waals surface area contributed by atoms with Crippen molar-refractivity contribution in [2.45, 2.75) is 128 Å². The van der Waals surface area contributed by atoms with Crippen LogP contribution < -0.4 is 4.57 Å². The topological polar surface area (TPSA) is 66.0 Å². The van der Waals surface area contributed by atoms with Crippen LogP contribution in [0.1, 0.15) is 115 Å². The van der Waals surface area contributed by atoms with Gasteiger partial charge in [0.15, 0.2) is 0 Å². The van der Waals surface area contributed by atoms with Gasteiger partial charge >= 0.3 is 0 Å². The number of benzene rings is 1. The summed E-state index contributed by atoms with van der Waals surface area (Å²) in [4.78, 5) is -0.178. The van der Waals surface area contributed by atoms with Gasteiger partial charge in [0, 0.05) is 0 Å². The van der Waals surface area contributed by atoms with Crippen molar-refractivity contribution in [2.24, 2.45) is 7.05 Å². The van der Waals surface area contributed by atoms with Crippen molar-refractivity contribution in [3.8, 4) is 0 Å². The molecule has 0 unspecified atom stereocenters. The lowest BCUT2D eigenvalue weighted by Crippen LogP contribution is -2.23. The molecule has 0 aliphatic carbocycles. The molecule has 200 valence electrons. The summed E-state index contributed by atoms with van der Waals surface area (Å²) in [6.45, 7) is 5.30. The van der Waals surface area contributed by atoms with E-state index in [2.05, 4.69) is 41.8 Å². The Hall–Kier alpha value is -1.66. The van der Waals surface area contributed by atoms with E-state index in [0.29, 0.717) is 0 Å². The second-order valence-corrected chi connectivity index (χ2v) is 11.3. The molecular formula is C29H50N2O3S. The van der Waals surface area contributed by atoms with E-state index < -0.39 is 10.1 Å². The van der Waals surface area contributed by atoms with Gasteiger partial charge in [0.25, 0.3) is 0 Å². The summed E-state index contributed by atoms with van der Waals surface area (Å²) < 4.78 is 35.6. The molecule has 0 spiro atoms. The first-order valence-corrected chi connectivity index (χ1v) is 15.3. The lowest BCUT2D eigenvalue weighted by molar-refractivity contribution is -0.671. The summed E-state index contributed by atoms with van der Waals surface area (Å²) in [5, 5.41) is 0. The first-order valence-electron chi connectivity index (χ1n) is 13.9. The van der Waals surface area contributed by atoms with Crippen LogP contribution in [0.2, 0.25) is 0 Å². The van der Waals surface area contributed by atoms with Gasteiger partial charge in [-0.25, -0.2) is 17.6 Å². The van der Waals surface area contributed by atoms with E-state index in [0.717, 1.165) is 5.56 Å². The Balaban J connectivity index is 0.000000462. The number of aromatic nitrogens is 2. The van der Waals surface area contributed by atoms with Crippen LogP contribution in [0.5, 0.6) is 0 Å². The van der Waals surface area contributed by atoms with Gasteiger partial charge in [-0.05, 0) is 31.9 Å². The van der Waals surface area contributed by atoms with Crippen molar-refractivity contribution in [1.82, 2.24) is 4.57 Å². The summed E-state index contributed by atoms with van der Waals surface area (Å²) in [6, 6.07) is 5.78. The lowest BCUT2D eigenvalue weighted by Gasteiger charge is -2.05. The van der Waals surface area contributed by atoms with E-state index in [1.807, 2.05) is 6.92 Å². The Morgan fingerprint density at radius 2 is 1.17 bits per heavy atom. The standard InChI is InChI=1S/C22H43N2.C7H8O3S/c1-3-4-5-6-7-8-9-10-11-12-13-14-15-16-17-18-19-24-21-20-23(2)22-24;1-6-2-4-7(5-3-6)11(8,9)10/h20-22H,3-19H2,1-2H3;2-5H,1H3,(H,8,9,10)/q+1;/p-1. The third-order valence-electron chi connectivity index (χ3n) is 6.40. The summed E-state index contributed by atoms with van der Waals surface area (Å²) in [5.74, 6) is 0. The molecule has 0 saturated heterocycles. The predicted octanol–water partition coefficient (Wildman–Crippen LogP) is 7.47. The molecule has 0 radical (unpaired) electrons. The van der Waals surface area contributed by atoms with Gasteiger partial charge in [0.05, 0.1) is 18.5 Å². The number of hydrogen-bond acceptors (Lipinski definition) is 3. The van der Waals surface area contributed by atoms with Crippen LogP contribution in [-0.4, -0.2) is 17.5 Å². The van der Waals surface area contributed by atoms with Gasteiger partial charge < -0.3 is 4.55 Å². The van der Waals surface area contributed by atoms with Crippen molar-refractivity contribution in [3.63, 3.8) is 0 Å². The molecule has 6 heteroatoms. The monoisotopic (exact) mass is 506 g/mol. The maximum atomic E-state index is 10.4. The quantitative estimate of drug-likeness (QED) is 0.120. The molecule has 0 bridgehead atoms. The second-order valence-electron chi connectivity index (χ2n) is 9.89. The van der Waals surface area contributed by atoms with Crippen LogP contribution >= 0.6 is 0 Å². The molecule has 2 rings (SSSR count). The van der Waals surface area contributed by atoms with Crippen molar-refractivity contribution in [1.29, 1.82) is 0 Å². The van der Waals surface area contributed by atoms with Crippen molar-refractivity contribution in [2.75, 3.05) is 0 Å². The molecule has 0 N–H and O–H groups in total. The summed E-state index contributed by atoms with van der Waals surface area (Å²) >= 11 is 0. The first-order chi connectivity index (χ1) is 16.8. The molecule has 0 fully saturated rings. The zero-order valence-electron chi connectivity index (χ0n) is 22.6. The van der Waals surface area contributed by atoms with Gasteiger partial charge in [-0.3, -0.25) is 0 Å². The fourth-order valence-corrected chi connectivity index (χ4v) is 4.65. The van der Waals surface area contributed by atoms with E-state index in [-0.39, 0.29) is 4.90 Å². The SMILES string of the molecule is CCCCCCCCCCCCCCCCCCn1cc[n+](C)c1.Cc1ccc(S(=O)(=O)[O-])cc1. The molecule has 1 heterocycles. The van der Waals surface area contributed by atoms with Gasteiger partial charge in [-0.1, -0.05) is 115 Å². The lowest BCUT2D eigenvalue weighted by atomic mass is 10.0. The highest BCUT2D eigenvalue weighted by molar-refractivity contribution is 7.85. The zero-order valence-corrected chi connectivity index (χ0v) is 23.4. The fraction of sp³-hybridized carbons (Fsp3) is 0.690. The fourth-order valence-electron chi connectivity index (χ4n) is 4.18. The van der Waals surface area contributed by atoms with Crippen LogP contribution in [0.4, 0.5) is 0 Å². The minimum atomic E-state index is -4.27. The summed E-state index contributed by atoms with van der Waals surface area (Å²) in [5.41, 5.74) is 0.928. The van der Waals surface area contributed by atoms with Crippen molar-refractivity contribution >= 4 is 10.1 Å². The second kappa shape index (κ2) is 19.5. The van der Waals surface area contributed by atoms with Crippen LogP contribution in [-0.2, 0) is 23.7 Å². The normalized spacial score (nSPS) is 11.3. The number of aryl methyl sites for hydroxylation is 3. The number of hydrogen-bond donors (Lipinski definition) is 0. The Bertz CT molecular complexity index is 860. The number of rotatable bonds is 18. The van der Waals surface area contributed by atoms with Crippen LogP contribution in [0, 0.1) is 6.92 Å². The minimum Gasteiger partial charge on any atom is -0.744 e. The van der Waals surface area contributed by atoms with Crippen LogP contribution in [0.15, 0.2) is 47.9 Å². The van der Waals surface area contributed by atoms with E-state index in [9.17, 15) is 13.0 Å². The van der Waals surface area contributed by atoms with Crippen molar-refractivity contribution < 1.29 is 17.5 Å². The highest BCUT2D eigenvalue weighted by Gasteiger charge is 2.00.